The number of hydrogen-bond donors (Lipinski definition) is 3. The summed E-state index contributed by atoms with van der Waals surface area (Å²) in [6.07, 6.45) is -5.32. The van der Waals surface area contributed by atoms with Crippen LogP contribution in [-0.4, -0.2) is 113 Å². The molecule has 0 saturated carbocycles. The van der Waals surface area contributed by atoms with Gasteiger partial charge in [-0.1, -0.05) is 38.1 Å². The molecule has 0 bridgehead atoms. The molecule has 5 saturated heterocycles. The molecule has 5 aliphatic rings. The van der Waals surface area contributed by atoms with Crippen LogP contribution >= 0.6 is 77.1 Å². The molecule has 3 N–H and O–H groups in total. The first-order valence-corrected chi connectivity index (χ1v) is 25.4. The number of amides is 1. The van der Waals surface area contributed by atoms with Gasteiger partial charge in [0.1, 0.15) is 36.6 Å². The SMILES string of the molecule is CC.CC1(C)O[C@@H]2O[C@@H](C(=O)N3CCOCC3)[C@@H](O)[C@@H]2O1.Cc1ccc(C(O)[C@@H]2O[C@H]3OC(C)(C)O[C@H]3[C@@H]2O)cc1Cc1ccc(Br)s1.Cc1ccc(I)cc1Cc1ccc(Br)s1. The van der Waals surface area contributed by atoms with Gasteiger partial charge >= 0.3 is 0 Å². The lowest BCUT2D eigenvalue weighted by Crippen LogP contribution is -2.50. The van der Waals surface area contributed by atoms with Crippen molar-refractivity contribution in [2.75, 3.05) is 26.3 Å². The highest BCUT2D eigenvalue weighted by Crippen LogP contribution is 2.42. The zero-order valence-corrected chi connectivity index (χ0v) is 43.7. The van der Waals surface area contributed by atoms with Crippen LogP contribution in [0.15, 0.2) is 68.2 Å². The standard InChI is InChI=1S/C20H23BrO5S.C12H10BrIS.C12H19NO6.C2H6/c1-10-4-5-11(8-12(10)9-13-6-7-14(21)27-13)15(22)17-16(23)18-19(24-17)26-20(2,3)25-18;1-8-2-3-10(14)6-9(8)7-11-4-5-12(13)15-11;1-12(2)18-9-7(14)8(17-11(9)19-12)10(15)13-3-5-16-6-4-13;1-2/h4-8,15-19,22-23H,9H2,1-3H3;2-6H,7H2,1H3;7-9,11,14H,3-6H2,1-2H3;1-2H3/t15?,16-,17+,18+,19+;;7-,8-,9+,11+;/m1.1./s1. The van der Waals surface area contributed by atoms with Crippen LogP contribution in [0.5, 0.6) is 0 Å². The molecule has 2 aromatic heterocycles. The number of aliphatic hydroxyl groups excluding tert-OH is 3. The maximum Gasteiger partial charge on any atom is 0.254 e. The highest BCUT2D eigenvalue weighted by atomic mass is 127. The molecule has 0 aliphatic carbocycles. The monoisotopic (exact) mass is 1150 g/mol. The van der Waals surface area contributed by atoms with E-state index in [0.717, 1.165) is 33.3 Å². The molecule has 2 aromatic carbocycles. The minimum atomic E-state index is -0.998. The van der Waals surface area contributed by atoms with Crippen molar-refractivity contribution < 1.29 is 53.3 Å². The topological polar surface area (TPSA) is 146 Å². The number of ether oxygens (including phenoxy) is 7. The van der Waals surface area contributed by atoms with Gasteiger partial charge in [-0.2, -0.15) is 0 Å². The minimum Gasteiger partial charge on any atom is -0.387 e. The zero-order valence-electron chi connectivity index (χ0n) is 36.7. The van der Waals surface area contributed by atoms with Gasteiger partial charge in [0.25, 0.3) is 5.91 Å². The third kappa shape index (κ3) is 13.0. The van der Waals surface area contributed by atoms with Gasteiger partial charge in [-0.15, -0.1) is 22.7 Å². The number of aliphatic hydroxyl groups is 3. The van der Waals surface area contributed by atoms with Gasteiger partial charge in [0.15, 0.2) is 30.3 Å². The van der Waals surface area contributed by atoms with E-state index in [2.05, 4.69) is 105 Å². The Labute approximate surface area is 408 Å². The lowest BCUT2D eigenvalue weighted by Gasteiger charge is -2.30. The molecule has 9 rings (SSSR count). The molecule has 0 radical (unpaired) electrons. The molecule has 5 fully saturated rings. The van der Waals surface area contributed by atoms with E-state index in [1.54, 1.807) is 43.9 Å². The summed E-state index contributed by atoms with van der Waals surface area (Å²) in [6, 6.07) is 20.9. The normalized spacial score (nSPS) is 28.1. The molecule has 5 aliphatic heterocycles. The van der Waals surface area contributed by atoms with Crippen LogP contribution in [-0.2, 0) is 50.8 Å². The van der Waals surface area contributed by atoms with Crippen molar-refractivity contribution in [3.8, 4) is 0 Å². The number of benzene rings is 2. The van der Waals surface area contributed by atoms with Crippen LogP contribution in [0, 0.1) is 17.4 Å². The van der Waals surface area contributed by atoms with Gasteiger partial charge in [-0.05, 0) is 160 Å². The predicted octanol–water partition coefficient (Wildman–Crippen LogP) is 8.80. The molecule has 12 nitrogen and oxygen atoms in total. The van der Waals surface area contributed by atoms with E-state index in [-0.39, 0.29) is 5.91 Å². The number of carbonyl (C=O) groups excluding carboxylic acids is 1. The third-order valence-electron chi connectivity index (χ3n) is 11.0. The van der Waals surface area contributed by atoms with Gasteiger partial charge in [0.05, 0.1) is 20.8 Å². The Hall–Kier alpha value is -1.40. The molecular weight excluding hydrogens is 1090 g/mol. The average molecular weight is 1150 g/mol. The van der Waals surface area contributed by atoms with Crippen molar-refractivity contribution in [2.45, 2.75) is 135 Å². The fraction of sp³-hybridized carbons (Fsp3) is 0.543. The van der Waals surface area contributed by atoms with E-state index < -0.39 is 66.9 Å². The number of aryl methyl sites for hydroxylation is 2. The summed E-state index contributed by atoms with van der Waals surface area (Å²) in [4.78, 5) is 16.6. The van der Waals surface area contributed by atoms with Crippen molar-refractivity contribution in [1.82, 2.24) is 4.90 Å². The maximum absolute atomic E-state index is 12.3. The first-order chi connectivity index (χ1) is 29.9. The zero-order chi connectivity index (χ0) is 45.8. The summed E-state index contributed by atoms with van der Waals surface area (Å²) in [6.45, 7) is 17.4. The smallest absolute Gasteiger partial charge is 0.254 e. The summed E-state index contributed by atoms with van der Waals surface area (Å²) < 4.78 is 42.6. The lowest BCUT2D eigenvalue weighted by atomic mass is 9.94. The van der Waals surface area contributed by atoms with Crippen LogP contribution < -0.4 is 0 Å². The summed E-state index contributed by atoms with van der Waals surface area (Å²) in [7, 11) is 0. The highest BCUT2D eigenvalue weighted by molar-refractivity contribution is 14.1. The van der Waals surface area contributed by atoms with Gasteiger partial charge in [0.2, 0.25) is 0 Å². The fourth-order valence-corrected chi connectivity index (χ4v) is 11.4. The third-order valence-corrected chi connectivity index (χ3v) is 14.9. The molecule has 63 heavy (non-hydrogen) atoms. The van der Waals surface area contributed by atoms with E-state index in [1.807, 2.05) is 49.4 Å². The second-order valence-electron chi connectivity index (χ2n) is 16.5. The van der Waals surface area contributed by atoms with E-state index in [0.29, 0.717) is 26.3 Å². The molecule has 346 valence electrons. The van der Waals surface area contributed by atoms with Gasteiger partial charge in [-0.25, -0.2) is 0 Å². The van der Waals surface area contributed by atoms with Crippen LogP contribution in [0.1, 0.15) is 85.2 Å². The Balaban J connectivity index is 0.000000161. The molecule has 1 unspecified atom stereocenters. The number of morpholine rings is 1. The van der Waals surface area contributed by atoms with Crippen LogP contribution in [0.2, 0.25) is 0 Å². The lowest BCUT2D eigenvalue weighted by molar-refractivity contribution is -0.226. The van der Waals surface area contributed by atoms with Crippen molar-refractivity contribution in [2.24, 2.45) is 0 Å². The van der Waals surface area contributed by atoms with E-state index in [4.69, 9.17) is 33.2 Å². The molecule has 0 spiro atoms. The molecule has 17 heteroatoms. The Morgan fingerprint density at radius 1 is 0.762 bits per heavy atom. The van der Waals surface area contributed by atoms with E-state index in [1.165, 1.54) is 28.2 Å². The maximum atomic E-state index is 12.3. The van der Waals surface area contributed by atoms with Gasteiger partial charge in [0, 0.05) is 39.3 Å². The minimum absolute atomic E-state index is 0.227. The highest BCUT2D eigenvalue weighted by Gasteiger charge is 2.57. The number of halogens is 3. The first-order valence-electron chi connectivity index (χ1n) is 21.1. The number of nitrogens with zero attached hydrogens (tertiary/aromatic N) is 1. The number of carbonyl (C=O) groups is 1. The number of hydrogen-bond acceptors (Lipinski definition) is 13. The molecule has 9 atom stereocenters. The molecule has 4 aromatic rings. The Bertz CT molecular complexity index is 2150. The predicted molar refractivity (Wildman–Crippen MR) is 258 cm³/mol. The summed E-state index contributed by atoms with van der Waals surface area (Å²) in [5.74, 6) is -1.81. The van der Waals surface area contributed by atoms with Gasteiger partial charge in [-0.3, -0.25) is 4.79 Å². The van der Waals surface area contributed by atoms with E-state index in [9.17, 15) is 20.1 Å². The van der Waals surface area contributed by atoms with Crippen LogP contribution in [0.4, 0.5) is 0 Å². The summed E-state index contributed by atoms with van der Waals surface area (Å²) in [5, 5.41) is 31.6. The second kappa shape index (κ2) is 22.1. The fourth-order valence-electron chi connectivity index (χ4n) is 7.79. The summed E-state index contributed by atoms with van der Waals surface area (Å²) in [5.41, 5.74) is 5.82. The Morgan fingerprint density at radius 2 is 1.27 bits per heavy atom. The van der Waals surface area contributed by atoms with Gasteiger partial charge < -0.3 is 53.4 Å². The largest absolute Gasteiger partial charge is 0.387 e. The number of thiophene rings is 2. The Kier molecular flexibility index (Phi) is 17.9. The number of rotatable bonds is 7. The quantitative estimate of drug-likeness (QED) is 0.153. The van der Waals surface area contributed by atoms with Crippen molar-refractivity contribution >= 4 is 83.0 Å². The van der Waals surface area contributed by atoms with Crippen molar-refractivity contribution in [3.63, 3.8) is 0 Å². The number of fused-ring (bicyclic) bond motifs is 2. The summed E-state index contributed by atoms with van der Waals surface area (Å²) >= 11 is 12.9. The van der Waals surface area contributed by atoms with Crippen molar-refractivity contribution in [3.05, 3.63) is 109 Å². The van der Waals surface area contributed by atoms with E-state index >= 15 is 0 Å². The van der Waals surface area contributed by atoms with Crippen molar-refractivity contribution in [1.29, 1.82) is 0 Å². The van der Waals surface area contributed by atoms with Crippen LogP contribution in [0.25, 0.3) is 0 Å². The second-order valence-corrected chi connectivity index (χ2v) is 22.8. The Morgan fingerprint density at radius 3 is 1.78 bits per heavy atom. The van der Waals surface area contributed by atoms with Crippen LogP contribution in [0.3, 0.4) is 0 Å². The molecule has 1 amide bonds. The molecule has 7 heterocycles. The first kappa shape index (κ1) is 51.0. The average Bonchev–Trinajstić information content (AvgIpc) is 4.10. The molecular formula is C46H58Br2INO11S2.